The summed E-state index contributed by atoms with van der Waals surface area (Å²) in [6.07, 6.45) is -2.71. The molecule has 0 bridgehead atoms. The summed E-state index contributed by atoms with van der Waals surface area (Å²) in [7, 11) is 0. The van der Waals surface area contributed by atoms with Crippen molar-refractivity contribution in [3.63, 3.8) is 0 Å². The molecule has 0 aliphatic carbocycles. The quantitative estimate of drug-likeness (QED) is 0.693. The molecule has 0 aromatic rings. The van der Waals surface area contributed by atoms with Crippen molar-refractivity contribution in [1.82, 2.24) is 4.90 Å². The van der Waals surface area contributed by atoms with E-state index < -0.39 is 29.9 Å². The van der Waals surface area contributed by atoms with Crippen LogP contribution in [0.2, 0.25) is 0 Å². The van der Waals surface area contributed by atoms with E-state index in [1.165, 1.54) is 0 Å². The monoisotopic (exact) mass is 261 g/mol. The molecule has 0 saturated carbocycles. The smallest absolute Gasteiger partial charge is 0.410 e. The maximum Gasteiger partial charge on any atom is 0.410 e. The first-order chi connectivity index (χ1) is 8.19. The van der Waals surface area contributed by atoms with Gasteiger partial charge in [-0.25, -0.2) is 9.59 Å². The van der Waals surface area contributed by atoms with Gasteiger partial charge in [0.15, 0.2) is 6.10 Å². The normalized spacial score (nSPS) is 25.4. The van der Waals surface area contributed by atoms with E-state index in [-0.39, 0.29) is 19.7 Å². The van der Waals surface area contributed by atoms with Gasteiger partial charge in [0, 0.05) is 0 Å². The fourth-order valence-corrected chi connectivity index (χ4v) is 1.49. The van der Waals surface area contributed by atoms with Crippen molar-refractivity contribution >= 4 is 12.1 Å². The van der Waals surface area contributed by atoms with Gasteiger partial charge in [-0.05, 0) is 20.8 Å². The first-order valence-corrected chi connectivity index (χ1v) is 5.69. The summed E-state index contributed by atoms with van der Waals surface area (Å²) < 4.78 is 10.1. The van der Waals surface area contributed by atoms with Gasteiger partial charge in [-0.2, -0.15) is 0 Å². The van der Waals surface area contributed by atoms with E-state index >= 15 is 0 Å². The molecule has 0 aromatic carbocycles. The molecule has 1 amide bonds. The van der Waals surface area contributed by atoms with Crippen molar-refractivity contribution in [1.29, 1.82) is 0 Å². The van der Waals surface area contributed by atoms with Gasteiger partial charge in [-0.15, -0.1) is 0 Å². The summed E-state index contributed by atoms with van der Waals surface area (Å²) >= 11 is 0. The number of aliphatic hydroxyl groups is 1. The van der Waals surface area contributed by atoms with Gasteiger partial charge in [0.25, 0.3) is 0 Å². The zero-order valence-electron chi connectivity index (χ0n) is 10.8. The number of β-amino-alcohol motifs (C(OH)–C–C–N with tert-alkyl or cyclic N) is 1. The first-order valence-electron chi connectivity index (χ1n) is 5.69. The lowest BCUT2D eigenvalue weighted by Gasteiger charge is -2.27. The highest BCUT2D eigenvalue weighted by molar-refractivity contribution is 5.74. The number of aliphatic hydroxyl groups excluding tert-OH is 1. The van der Waals surface area contributed by atoms with Crippen molar-refractivity contribution in [2.24, 2.45) is 0 Å². The zero-order chi connectivity index (χ0) is 13.9. The SMILES string of the molecule is CC(C)(C)OC(=O)N1CC(O)CO[C@H](C(=O)O)C1. The van der Waals surface area contributed by atoms with E-state index in [1.807, 2.05) is 0 Å². The predicted molar refractivity (Wildman–Crippen MR) is 61.2 cm³/mol. The number of carboxylic acids is 1. The highest BCUT2D eigenvalue weighted by Gasteiger charge is 2.32. The molecule has 18 heavy (non-hydrogen) atoms. The molecule has 104 valence electrons. The second-order valence-corrected chi connectivity index (χ2v) is 5.20. The maximum atomic E-state index is 11.8. The molecule has 7 heteroatoms. The summed E-state index contributed by atoms with van der Waals surface area (Å²) in [5.41, 5.74) is -0.673. The van der Waals surface area contributed by atoms with Gasteiger partial charge in [0.05, 0.1) is 25.8 Å². The van der Waals surface area contributed by atoms with Crippen LogP contribution in [0.4, 0.5) is 4.79 Å². The summed E-state index contributed by atoms with van der Waals surface area (Å²) in [6, 6.07) is 0. The van der Waals surface area contributed by atoms with Crippen LogP contribution in [-0.2, 0) is 14.3 Å². The molecule has 2 atom stereocenters. The Hall–Kier alpha value is -1.34. The molecule has 0 aromatic heterocycles. The van der Waals surface area contributed by atoms with Crippen molar-refractivity contribution in [3.8, 4) is 0 Å². The van der Waals surface area contributed by atoms with Crippen LogP contribution in [0.15, 0.2) is 0 Å². The van der Waals surface area contributed by atoms with Gasteiger partial charge in [-0.1, -0.05) is 0 Å². The molecule has 7 nitrogen and oxygen atoms in total. The molecule has 0 spiro atoms. The van der Waals surface area contributed by atoms with Crippen molar-refractivity contribution in [3.05, 3.63) is 0 Å². The third kappa shape index (κ3) is 4.50. The van der Waals surface area contributed by atoms with E-state index in [0.29, 0.717) is 0 Å². The van der Waals surface area contributed by atoms with Gasteiger partial charge in [0.1, 0.15) is 5.60 Å². The number of carbonyl (C=O) groups excluding carboxylic acids is 1. The van der Waals surface area contributed by atoms with Gasteiger partial charge < -0.3 is 24.6 Å². The number of ether oxygens (including phenoxy) is 2. The second kappa shape index (κ2) is 5.53. The number of amides is 1. The molecule has 1 aliphatic rings. The minimum Gasteiger partial charge on any atom is -0.479 e. The molecule has 1 aliphatic heterocycles. The van der Waals surface area contributed by atoms with Crippen LogP contribution in [0.25, 0.3) is 0 Å². The standard InChI is InChI=1S/C11H19NO6/c1-11(2,3)18-10(16)12-4-7(13)6-17-8(5-12)9(14)15/h7-8,13H,4-6H2,1-3H3,(H,14,15)/t7?,8-/m0/s1. The number of hydrogen-bond acceptors (Lipinski definition) is 5. The minimum absolute atomic E-state index is 0.00130. The maximum absolute atomic E-state index is 11.8. The van der Waals surface area contributed by atoms with Crippen LogP contribution in [0.5, 0.6) is 0 Å². The predicted octanol–water partition coefficient (Wildman–Crippen LogP) is 0.0678. The van der Waals surface area contributed by atoms with E-state index in [4.69, 9.17) is 14.6 Å². The van der Waals surface area contributed by atoms with E-state index in [1.54, 1.807) is 20.8 Å². The van der Waals surface area contributed by atoms with Gasteiger partial charge >= 0.3 is 12.1 Å². The highest BCUT2D eigenvalue weighted by atomic mass is 16.6. The summed E-state index contributed by atoms with van der Waals surface area (Å²) in [4.78, 5) is 23.9. The van der Waals surface area contributed by atoms with Crippen LogP contribution >= 0.6 is 0 Å². The van der Waals surface area contributed by atoms with E-state index in [2.05, 4.69) is 0 Å². The van der Waals surface area contributed by atoms with Crippen LogP contribution in [-0.4, -0.2) is 64.7 Å². The number of hydrogen-bond donors (Lipinski definition) is 2. The average molecular weight is 261 g/mol. The van der Waals surface area contributed by atoms with Crippen LogP contribution < -0.4 is 0 Å². The topological polar surface area (TPSA) is 96.3 Å². The Morgan fingerprint density at radius 3 is 2.44 bits per heavy atom. The third-order valence-corrected chi connectivity index (χ3v) is 2.23. The van der Waals surface area contributed by atoms with Crippen molar-refractivity contribution in [2.45, 2.75) is 38.6 Å². The molecule has 0 radical (unpaired) electrons. The van der Waals surface area contributed by atoms with Crippen LogP contribution in [0.1, 0.15) is 20.8 Å². The van der Waals surface area contributed by atoms with E-state index in [9.17, 15) is 14.7 Å². The molecule has 1 unspecified atom stereocenters. The highest BCUT2D eigenvalue weighted by Crippen LogP contribution is 2.13. The first kappa shape index (κ1) is 14.7. The number of carboxylic acid groups (broad SMARTS) is 1. The number of carbonyl (C=O) groups is 2. The summed E-state index contributed by atoms with van der Waals surface area (Å²) in [6.45, 7) is 4.88. The Kier molecular flexibility index (Phi) is 4.53. The average Bonchev–Trinajstić information content (AvgIpc) is 2.37. The fourth-order valence-electron chi connectivity index (χ4n) is 1.49. The summed E-state index contributed by atoms with van der Waals surface area (Å²) in [5.74, 6) is -1.17. The lowest BCUT2D eigenvalue weighted by Crippen LogP contribution is -2.44. The van der Waals surface area contributed by atoms with E-state index in [0.717, 1.165) is 4.90 Å². The third-order valence-electron chi connectivity index (χ3n) is 2.23. The molecular weight excluding hydrogens is 242 g/mol. The Morgan fingerprint density at radius 1 is 1.33 bits per heavy atom. The molecule has 1 fully saturated rings. The zero-order valence-corrected chi connectivity index (χ0v) is 10.8. The Bertz CT molecular complexity index is 324. The molecule has 1 saturated heterocycles. The molecule has 1 heterocycles. The number of aliphatic carboxylic acids is 1. The Balaban J connectivity index is 2.72. The second-order valence-electron chi connectivity index (χ2n) is 5.20. The molecular formula is C11H19NO6. The van der Waals surface area contributed by atoms with Crippen LogP contribution in [0.3, 0.4) is 0 Å². The summed E-state index contributed by atoms with van der Waals surface area (Å²) in [5, 5.41) is 18.4. The number of rotatable bonds is 1. The largest absolute Gasteiger partial charge is 0.479 e. The molecule has 2 N–H and O–H groups in total. The fraction of sp³-hybridized carbons (Fsp3) is 0.818. The lowest BCUT2D eigenvalue weighted by molar-refractivity contribution is -0.151. The number of nitrogens with zero attached hydrogens (tertiary/aromatic N) is 1. The van der Waals surface area contributed by atoms with Gasteiger partial charge in [0.2, 0.25) is 0 Å². The lowest BCUT2D eigenvalue weighted by atomic mass is 10.2. The van der Waals surface area contributed by atoms with Gasteiger partial charge in [-0.3, -0.25) is 0 Å². The minimum atomic E-state index is -1.17. The van der Waals surface area contributed by atoms with Crippen LogP contribution in [0, 0.1) is 0 Å². The Labute approximate surface area is 105 Å². The molecule has 1 rings (SSSR count). The van der Waals surface area contributed by atoms with Crippen molar-refractivity contribution in [2.75, 3.05) is 19.7 Å². The Morgan fingerprint density at radius 2 is 1.94 bits per heavy atom. The van der Waals surface area contributed by atoms with Crippen molar-refractivity contribution < 1.29 is 29.3 Å².